The molecule has 5 rings (SSSR count). The molecule has 2 aliphatic heterocycles. The van der Waals surface area contributed by atoms with Gasteiger partial charge in [0.15, 0.2) is 0 Å². The van der Waals surface area contributed by atoms with Crippen LogP contribution in [0.2, 0.25) is 0 Å². The van der Waals surface area contributed by atoms with Gasteiger partial charge in [0.05, 0.1) is 23.5 Å². The van der Waals surface area contributed by atoms with E-state index >= 15 is 0 Å². The molecule has 3 aromatic carbocycles. The Morgan fingerprint density at radius 3 is 2.19 bits per heavy atom. The zero-order valence-corrected chi connectivity index (χ0v) is 28.4. The van der Waals surface area contributed by atoms with Gasteiger partial charge in [-0.2, -0.15) is 0 Å². The third-order valence-corrected chi connectivity index (χ3v) is 8.10. The molecule has 0 aliphatic carbocycles. The van der Waals surface area contributed by atoms with Gasteiger partial charge in [0.25, 0.3) is 17.3 Å². The van der Waals surface area contributed by atoms with Crippen LogP contribution in [0.25, 0.3) is 0 Å². The average molecular weight is 728 g/mol. The van der Waals surface area contributed by atoms with Gasteiger partial charge < -0.3 is 24.0 Å². The van der Waals surface area contributed by atoms with Gasteiger partial charge in [-0.1, -0.05) is 46.3 Å². The molecule has 15 heteroatoms. The SMILES string of the molecule is CC(C)(C)OC(=O)N1CCC(Oc2cccc(N3Cc4cccc([N+](=O)[O-])c4C3=O)c2)CC1.COC(=O)c1c(CBr)cccc1[N+](=O)[O-]. The Kier molecular flexibility index (Phi) is 11.4. The normalized spacial score (nSPS) is 14.4. The van der Waals surface area contributed by atoms with Crippen LogP contribution in [0.1, 0.15) is 65.5 Å². The number of hydrogen-bond donors (Lipinski definition) is 0. The zero-order valence-electron chi connectivity index (χ0n) is 26.8. The molecule has 1 saturated heterocycles. The highest BCUT2D eigenvalue weighted by molar-refractivity contribution is 9.08. The number of methoxy groups -OCH3 is 1. The smallest absolute Gasteiger partial charge is 0.410 e. The molecular weight excluding hydrogens is 692 g/mol. The first-order chi connectivity index (χ1) is 22.7. The summed E-state index contributed by atoms with van der Waals surface area (Å²) in [6.45, 7) is 6.89. The van der Waals surface area contributed by atoms with Gasteiger partial charge in [0, 0.05) is 55.1 Å². The summed E-state index contributed by atoms with van der Waals surface area (Å²) in [6.07, 6.45) is 0.962. The minimum atomic E-state index is -0.697. The van der Waals surface area contributed by atoms with E-state index in [9.17, 15) is 34.6 Å². The lowest BCUT2D eigenvalue weighted by atomic mass is 10.1. The van der Waals surface area contributed by atoms with Crippen LogP contribution in [0.3, 0.4) is 0 Å². The molecule has 2 heterocycles. The number of nitro groups is 2. The van der Waals surface area contributed by atoms with Crippen LogP contribution < -0.4 is 9.64 Å². The van der Waals surface area contributed by atoms with Crippen molar-refractivity contribution in [3.63, 3.8) is 0 Å². The summed E-state index contributed by atoms with van der Waals surface area (Å²) in [7, 11) is 1.19. The van der Waals surface area contributed by atoms with Crippen molar-refractivity contribution < 1.29 is 38.4 Å². The first-order valence-corrected chi connectivity index (χ1v) is 16.1. The number of carbonyl (C=O) groups excluding carboxylic acids is 3. The summed E-state index contributed by atoms with van der Waals surface area (Å²) in [4.78, 5) is 60.7. The van der Waals surface area contributed by atoms with Crippen LogP contribution in [0.15, 0.2) is 60.7 Å². The molecule has 48 heavy (non-hydrogen) atoms. The summed E-state index contributed by atoms with van der Waals surface area (Å²) in [5, 5.41) is 22.4. The molecular formula is C33H35BrN4O10. The van der Waals surface area contributed by atoms with Crippen LogP contribution in [0.5, 0.6) is 5.75 Å². The molecule has 14 nitrogen and oxygen atoms in total. The number of nitrogens with zero attached hydrogens (tertiary/aromatic N) is 4. The van der Waals surface area contributed by atoms with Gasteiger partial charge in [0.2, 0.25) is 0 Å². The number of fused-ring (bicyclic) bond motifs is 1. The van der Waals surface area contributed by atoms with E-state index in [1.807, 2.05) is 26.8 Å². The first-order valence-electron chi connectivity index (χ1n) is 15.0. The molecule has 0 aromatic heterocycles. The number of ether oxygens (including phenoxy) is 3. The van der Waals surface area contributed by atoms with Crippen molar-refractivity contribution >= 4 is 51.0 Å². The predicted molar refractivity (Wildman–Crippen MR) is 179 cm³/mol. The second-order valence-electron chi connectivity index (χ2n) is 11.9. The second kappa shape index (κ2) is 15.2. The molecule has 1 fully saturated rings. The summed E-state index contributed by atoms with van der Waals surface area (Å²) in [6, 6.07) is 16.3. The van der Waals surface area contributed by atoms with Crippen molar-refractivity contribution in [1.82, 2.24) is 4.90 Å². The molecule has 254 valence electrons. The maximum absolute atomic E-state index is 13.0. The van der Waals surface area contributed by atoms with Gasteiger partial charge >= 0.3 is 12.1 Å². The number of rotatable bonds is 7. The van der Waals surface area contributed by atoms with Crippen molar-refractivity contribution in [2.45, 2.75) is 57.2 Å². The number of nitro benzene ring substituents is 2. The number of benzene rings is 3. The molecule has 0 saturated carbocycles. The number of esters is 1. The zero-order chi connectivity index (χ0) is 35.2. The highest BCUT2D eigenvalue weighted by atomic mass is 79.9. The Hall–Kier alpha value is -5.05. The molecule has 0 spiro atoms. The third kappa shape index (κ3) is 8.45. The summed E-state index contributed by atoms with van der Waals surface area (Å²) in [5.41, 5.74) is 0.992. The summed E-state index contributed by atoms with van der Waals surface area (Å²) >= 11 is 3.16. The van der Waals surface area contributed by atoms with E-state index in [0.29, 0.717) is 53.8 Å². The molecule has 0 bridgehead atoms. The van der Waals surface area contributed by atoms with Crippen LogP contribution in [0, 0.1) is 20.2 Å². The highest BCUT2D eigenvalue weighted by Gasteiger charge is 2.35. The minimum Gasteiger partial charge on any atom is -0.490 e. The minimum absolute atomic E-state index is 0.00174. The van der Waals surface area contributed by atoms with E-state index in [4.69, 9.17) is 9.47 Å². The Labute approximate surface area is 285 Å². The van der Waals surface area contributed by atoms with E-state index in [0.717, 1.165) is 0 Å². The quantitative estimate of drug-likeness (QED) is 0.109. The monoisotopic (exact) mass is 726 g/mol. The summed E-state index contributed by atoms with van der Waals surface area (Å²) < 4.78 is 16.1. The van der Waals surface area contributed by atoms with Gasteiger partial charge in [-0.3, -0.25) is 25.0 Å². The Morgan fingerprint density at radius 1 is 0.958 bits per heavy atom. The lowest BCUT2D eigenvalue weighted by molar-refractivity contribution is -0.385. The van der Waals surface area contributed by atoms with Crippen LogP contribution in [0.4, 0.5) is 21.9 Å². The van der Waals surface area contributed by atoms with Crippen LogP contribution in [-0.2, 0) is 21.3 Å². The number of hydrogen-bond acceptors (Lipinski definition) is 10. The van der Waals surface area contributed by atoms with E-state index < -0.39 is 21.4 Å². The van der Waals surface area contributed by atoms with Gasteiger partial charge in [-0.25, -0.2) is 9.59 Å². The number of halogens is 1. The van der Waals surface area contributed by atoms with E-state index in [2.05, 4.69) is 20.7 Å². The number of amides is 2. The highest BCUT2D eigenvalue weighted by Crippen LogP contribution is 2.35. The molecule has 2 aliphatic rings. The van der Waals surface area contributed by atoms with Gasteiger partial charge in [-0.05, 0) is 44.0 Å². The number of carbonyl (C=O) groups is 3. The average Bonchev–Trinajstić information content (AvgIpc) is 3.40. The largest absolute Gasteiger partial charge is 0.490 e. The fourth-order valence-electron chi connectivity index (χ4n) is 5.29. The second-order valence-corrected chi connectivity index (χ2v) is 12.5. The van der Waals surface area contributed by atoms with Gasteiger partial charge in [-0.15, -0.1) is 0 Å². The van der Waals surface area contributed by atoms with Gasteiger partial charge in [0.1, 0.15) is 28.6 Å². The van der Waals surface area contributed by atoms with Crippen molar-refractivity contribution in [3.8, 4) is 5.75 Å². The third-order valence-electron chi connectivity index (χ3n) is 7.50. The van der Waals surface area contributed by atoms with E-state index in [-0.39, 0.29) is 47.2 Å². The standard InChI is InChI=1S/C24H27N3O6.C9H8BrNO4/c1-24(2,3)33-23(29)25-12-10-18(11-13-25)32-19-8-5-7-17(14-19)26-15-16-6-4-9-20(27(30)31)21(16)22(26)28;1-15-9(12)8-6(5-10)3-2-4-7(8)11(13)14/h4-9,14,18H,10-13,15H2,1-3H3;2-4H,5H2,1H3. The maximum atomic E-state index is 13.0. The molecule has 0 radical (unpaired) electrons. The molecule has 0 N–H and O–H groups in total. The van der Waals surface area contributed by atoms with Crippen molar-refractivity contribution in [2.75, 3.05) is 25.1 Å². The first kappa shape index (κ1) is 35.8. The molecule has 0 unspecified atom stereocenters. The number of alkyl halides is 1. The number of anilines is 1. The predicted octanol–water partition coefficient (Wildman–Crippen LogP) is 6.81. The fraction of sp³-hybridized carbons (Fsp3) is 0.364. The van der Waals surface area contributed by atoms with Crippen LogP contribution in [-0.4, -0.2) is 64.6 Å². The Balaban J connectivity index is 0.000000291. The topological polar surface area (TPSA) is 172 Å². The maximum Gasteiger partial charge on any atom is 0.410 e. The van der Waals surface area contributed by atoms with Crippen molar-refractivity contribution in [3.05, 3.63) is 103 Å². The Morgan fingerprint density at radius 2 is 1.58 bits per heavy atom. The molecule has 2 amide bonds. The molecule has 0 atom stereocenters. The van der Waals surface area contributed by atoms with Crippen LogP contribution >= 0.6 is 15.9 Å². The summed E-state index contributed by atoms with van der Waals surface area (Å²) in [5.74, 6) is -0.474. The molecule has 3 aromatic rings. The lowest BCUT2D eigenvalue weighted by Crippen LogP contribution is -2.44. The fourth-order valence-corrected chi connectivity index (χ4v) is 5.76. The van der Waals surface area contributed by atoms with Crippen molar-refractivity contribution in [1.29, 1.82) is 0 Å². The lowest BCUT2D eigenvalue weighted by Gasteiger charge is -2.33. The Bertz CT molecular complexity index is 1720. The number of likely N-dealkylation sites (tertiary alicyclic amines) is 1. The van der Waals surface area contributed by atoms with E-state index in [1.165, 1.54) is 30.2 Å². The van der Waals surface area contributed by atoms with Crippen molar-refractivity contribution in [2.24, 2.45) is 0 Å². The van der Waals surface area contributed by atoms with E-state index in [1.54, 1.807) is 41.3 Å². The number of piperidine rings is 1.